The predicted molar refractivity (Wildman–Crippen MR) is 69.7 cm³/mol. The lowest BCUT2D eigenvalue weighted by atomic mass is 10.1. The molecule has 16 heavy (non-hydrogen) atoms. The first-order valence-electron chi connectivity index (χ1n) is 5.56. The van der Waals surface area contributed by atoms with Gasteiger partial charge < -0.3 is 5.32 Å². The molecule has 3 nitrogen and oxygen atoms in total. The number of hydrogen-bond acceptors (Lipinski definition) is 3. The lowest BCUT2D eigenvalue weighted by Crippen LogP contribution is -2.13. The van der Waals surface area contributed by atoms with Crippen LogP contribution in [0, 0.1) is 11.8 Å². The fourth-order valence-electron chi connectivity index (χ4n) is 2.22. The van der Waals surface area contributed by atoms with Crippen LogP contribution in [0.25, 0.3) is 0 Å². The van der Waals surface area contributed by atoms with Crippen molar-refractivity contribution in [2.45, 2.75) is 26.2 Å². The minimum absolute atomic E-state index is 0.456. The summed E-state index contributed by atoms with van der Waals surface area (Å²) in [5, 5.41) is 3.79. The summed E-state index contributed by atoms with van der Waals surface area (Å²) in [5.74, 6) is 2.42. The number of halogens is 2. The van der Waals surface area contributed by atoms with Crippen LogP contribution in [0.3, 0.4) is 0 Å². The molecule has 1 N–H and O–H groups in total. The van der Waals surface area contributed by atoms with Crippen LogP contribution in [0.1, 0.15) is 26.2 Å². The Morgan fingerprint density at radius 2 is 2.31 bits per heavy atom. The molecule has 1 aliphatic rings. The van der Waals surface area contributed by atoms with Gasteiger partial charge in [0.05, 0.1) is 4.47 Å². The second-order valence-corrected chi connectivity index (χ2v) is 5.64. The van der Waals surface area contributed by atoms with E-state index >= 15 is 0 Å². The average molecular weight is 305 g/mol. The topological polar surface area (TPSA) is 37.8 Å². The molecular weight excluding hydrogens is 289 g/mol. The first-order valence-corrected chi connectivity index (χ1v) is 6.73. The molecule has 0 spiro atoms. The number of rotatable bonds is 3. The Hall–Kier alpha value is -0.350. The normalized spacial score (nSPS) is 24.7. The van der Waals surface area contributed by atoms with Crippen molar-refractivity contribution < 1.29 is 0 Å². The molecule has 2 atom stereocenters. The standard InChI is InChI=1S/C11H15BrClN3/c1-7-2-3-8(4-7)5-14-11-9(12)10(13)15-6-16-11/h6-8H,2-5H2,1H3,(H,14,15,16). The van der Waals surface area contributed by atoms with Crippen molar-refractivity contribution in [3.05, 3.63) is 16.0 Å². The summed E-state index contributed by atoms with van der Waals surface area (Å²) in [4.78, 5) is 8.06. The van der Waals surface area contributed by atoms with Crippen LogP contribution in [-0.2, 0) is 0 Å². The molecule has 1 fully saturated rings. The molecule has 2 rings (SSSR count). The maximum absolute atomic E-state index is 5.89. The van der Waals surface area contributed by atoms with E-state index in [1.165, 1.54) is 25.6 Å². The third-order valence-electron chi connectivity index (χ3n) is 3.11. The van der Waals surface area contributed by atoms with E-state index in [4.69, 9.17) is 11.6 Å². The molecule has 88 valence electrons. The van der Waals surface area contributed by atoms with Gasteiger partial charge in [0.1, 0.15) is 17.3 Å². The van der Waals surface area contributed by atoms with E-state index in [-0.39, 0.29) is 0 Å². The minimum Gasteiger partial charge on any atom is -0.369 e. The van der Waals surface area contributed by atoms with Gasteiger partial charge in [0.2, 0.25) is 0 Å². The second kappa shape index (κ2) is 5.32. The smallest absolute Gasteiger partial charge is 0.148 e. The van der Waals surface area contributed by atoms with E-state index in [0.717, 1.165) is 28.7 Å². The van der Waals surface area contributed by atoms with Gasteiger partial charge in [0.15, 0.2) is 0 Å². The number of aromatic nitrogens is 2. The van der Waals surface area contributed by atoms with Crippen LogP contribution < -0.4 is 5.32 Å². The van der Waals surface area contributed by atoms with Crippen LogP contribution >= 0.6 is 27.5 Å². The fraction of sp³-hybridized carbons (Fsp3) is 0.636. The molecule has 0 saturated heterocycles. The number of nitrogens with zero attached hydrogens (tertiary/aromatic N) is 2. The van der Waals surface area contributed by atoms with Gasteiger partial charge in [-0.25, -0.2) is 9.97 Å². The van der Waals surface area contributed by atoms with Crippen molar-refractivity contribution >= 4 is 33.3 Å². The maximum atomic E-state index is 5.89. The molecule has 0 radical (unpaired) electrons. The molecule has 1 aromatic rings. The molecule has 5 heteroatoms. The second-order valence-electron chi connectivity index (χ2n) is 4.49. The lowest BCUT2D eigenvalue weighted by molar-refractivity contribution is 0.536. The third kappa shape index (κ3) is 2.86. The highest BCUT2D eigenvalue weighted by molar-refractivity contribution is 9.10. The van der Waals surface area contributed by atoms with Crippen molar-refractivity contribution in [3.63, 3.8) is 0 Å². The zero-order valence-electron chi connectivity index (χ0n) is 9.21. The van der Waals surface area contributed by atoms with Gasteiger partial charge in [0.25, 0.3) is 0 Å². The van der Waals surface area contributed by atoms with Gasteiger partial charge >= 0.3 is 0 Å². The minimum atomic E-state index is 0.456. The van der Waals surface area contributed by atoms with Gasteiger partial charge in [-0.05, 0) is 40.6 Å². The zero-order chi connectivity index (χ0) is 11.5. The van der Waals surface area contributed by atoms with E-state index in [2.05, 4.69) is 38.1 Å². The summed E-state index contributed by atoms with van der Waals surface area (Å²) in [6.45, 7) is 3.29. The van der Waals surface area contributed by atoms with Crippen LogP contribution in [0.2, 0.25) is 5.15 Å². The van der Waals surface area contributed by atoms with Gasteiger partial charge in [-0.2, -0.15) is 0 Å². The summed E-state index contributed by atoms with van der Waals surface area (Å²) in [6, 6.07) is 0. The molecule has 0 amide bonds. The van der Waals surface area contributed by atoms with E-state index in [9.17, 15) is 0 Å². The largest absolute Gasteiger partial charge is 0.369 e. The Balaban J connectivity index is 1.92. The van der Waals surface area contributed by atoms with Crippen molar-refractivity contribution in [1.29, 1.82) is 0 Å². The monoisotopic (exact) mass is 303 g/mol. The number of anilines is 1. The van der Waals surface area contributed by atoms with E-state index in [1.807, 2.05) is 0 Å². The van der Waals surface area contributed by atoms with Gasteiger partial charge in [-0.15, -0.1) is 0 Å². The molecule has 0 bridgehead atoms. The fourth-order valence-corrected chi connectivity index (χ4v) is 2.70. The Bertz CT molecular complexity index is 372. The number of hydrogen-bond donors (Lipinski definition) is 1. The first kappa shape index (κ1) is 12.1. The molecule has 1 aromatic heterocycles. The summed E-state index contributed by atoms with van der Waals surface area (Å²) in [7, 11) is 0. The van der Waals surface area contributed by atoms with Crippen LogP contribution in [0.4, 0.5) is 5.82 Å². The van der Waals surface area contributed by atoms with Crippen molar-refractivity contribution in [2.75, 3.05) is 11.9 Å². The van der Waals surface area contributed by atoms with Gasteiger partial charge in [0, 0.05) is 6.54 Å². The predicted octanol–water partition coefficient (Wildman–Crippen LogP) is 3.74. The highest BCUT2D eigenvalue weighted by Gasteiger charge is 2.21. The Morgan fingerprint density at radius 1 is 1.50 bits per heavy atom. The van der Waals surface area contributed by atoms with Gasteiger partial charge in [-0.1, -0.05) is 24.9 Å². The highest BCUT2D eigenvalue weighted by Crippen LogP contribution is 2.31. The lowest BCUT2D eigenvalue weighted by Gasteiger charge is -2.12. The average Bonchev–Trinajstić information content (AvgIpc) is 2.67. The highest BCUT2D eigenvalue weighted by atomic mass is 79.9. The quantitative estimate of drug-likeness (QED) is 0.864. The summed E-state index contributed by atoms with van der Waals surface area (Å²) < 4.78 is 0.753. The Kier molecular flexibility index (Phi) is 4.03. The third-order valence-corrected chi connectivity index (χ3v) is 4.37. The van der Waals surface area contributed by atoms with Crippen LogP contribution in [0.15, 0.2) is 10.8 Å². The van der Waals surface area contributed by atoms with E-state index in [1.54, 1.807) is 0 Å². The molecule has 1 saturated carbocycles. The molecule has 2 unspecified atom stereocenters. The van der Waals surface area contributed by atoms with Crippen molar-refractivity contribution in [3.8, 4) is 0 Å². The van der Waals surface area contributed by atoms with Crippen molar-refractivity contribution in [2.24, 2.45) is 11.8 Å². The Labute approximate surface area is 109 Å². The zero-order valence-corrected chi connectivity index (χ0v) is 11.6. The SMILES string of the molecule is CC1CCC(CNc2ncnc(Cl)c2Br)C1. The van der Waals surface area contributed by atoms with Crippen LogP contribution in [0.5, 0.6) is 0 Å². The molecule has 0 aromatic carbocycles. The Morgan fingerprint density at radius 3 is 3.00 bits per heavy atom. The first-order chi connectivity index (χ1) is 7.66. The van der Waals surface area contributed by atoms with Crippen LogP contribution in [-0.4, -0.2) is 16.5 Å². The summed E-state index contributed by atoms with van der Waals surface area (Å²) in [5.41, 5.74) is 0. The van der Waals surface area contributed by atoms with Crippen molar-refractivity contribution in [1.82, 2.24) is 9.97 Å². The van der Waals surface area contributed by atoms with E-state index < -0.39 is 0 Å². The summed E-state index contributed by atoms with van der Waals surface area (Å²) >= 11 is 9.28. The molecule has 1 heterocycles. The molecular formula is C11H15BrClN3. The van der Waals surface area contributed by atoms with E-state index in [0.29, 0.717) is 5.15 Å². The number of nitrogens with one attached hydrogen (secondary N) is 1. The molecule has 1 aliphatic carbocycles. The summed E-state index contributed by atoms with van der Waals surface area (Å²) in [6.07, 6.45) is 5.44. The van der Waals surface area contributed by atoms with Gasteiger partial charge in [-0.3, -0.25) is 0 Å². The molecule has 0 aliphatic heterocycles. The maximum Gasteiger partial charge on any atom is 0.148 e.